The normalized spacial score (nSPS) is 23.7. The average Bonchev–Trinajstić information content (AvgIpc) is 2.93. The summed E-state index contributed by atoms with van der Waals surface area (Å²) in [7, 11) is 1.73. The van der Waals surface area contributed by atoms with Crippen LogP contribution in [0.4, 0.5) is 0 Å². The lowest BCUT2D eigenvalue weighted by Gasteiger charge is -2.56. The fourth-order valence-corrected chi connectivity index (χ4v) is 6.54. The monoisotopic (exact) mass is 570 g/mol. The molecule has 3 heterocycles. The number of aliphatic carboxylic acids is 1. The van der Waals surface area contributed by atoms with Crippen LogP contribution in [0.3, 0.4) is 0 Å². The Morgan fingerprint density at radius 2 is 1.59 bits per heavy atom. The summed E-state index contributed by atoms with van der Waals surface area (Å²) in [4.78, 5) is 14.6. The van der Waals surface area contributed by atoms with E-state index in [2.05, 4.69) is 90.8 Å². The quantitative estimate of drug-likeness (QED) is 0.307. The third-order valence-corrected chi connectivity index (χ3v) is 8.39. The van der Waals surface area contributed by atoms with Gasteiger partial charge in [0.2, 0.25) is 0 Å². The Hall–Kier alpha value is -2.57. The van der Waals surface area contributed by atoms with Crippen LogP contribution in [0, 0.1) is 5.92 Å². The summed E-state index contributed by atoms with van der Waals surface area (Å²) in [5.74, 6) is 0.977. The summed E-state index contributed by atoms with van der Waals surface area (Å²) in [6, 6.07) is 27.3. The van der Waals surface area contributed by atoms with E-state index in [9.17, 15) is 9.90 Å². The van der Waals surface area contributed by atoms with Gasteiger partial charge in [0.25, 0.3) is 0 Å². The number of carboxylic acids is 1. The second-order valence-electron chi connectivity index (χ2n) is 10.8. The molecule has 7 heteroatoms. The molecule has 0 saturated carbocycles. The standard InChI is InChI=1S/C32H38N2O3.2ClH/c1-21(2)24-14-15-28(37-3)26(18-24)20-33-30-25-16-17-34(27(19-25)32(35)36)31(30)29(22-10-6-4-7-11-22)23-12-8-5-9-13-23;;/h4-15,18,21,25,27,29-31,33H,16-17,19-20H2,1-3H3,(H,35,36);2*1H/t25-,27-,30-,31-;;/m1../s1. The second kappa shape index (κ2) is 13.7. The van der Waals surface area contributed by atoms with Gasteiger partial charge < -0.3 is 15.2 Å². The van der Waals surface area contributed by atoms with E-state index in [1.165, 1.54) is 16.7 Å². The molecule has 1 unspecified atom stereocenters. The van der Waals surface area contributed by atoms with Gasteiger partial charge in [-0.25, -0.2) is 0 Å². The first-order valence-corrected chi connectivity index (χ1v) is 13.5. The van der Waals surface area contributed by atoms with Crippen LogP contribution in [0.1, 0.15) is 60.8 Å². The molecule has 3 aromatic carbocycles. The van der Waals surface area contributed by atoms with Crippen LogP contribution >= 0.6 is 24.8 Å². The van der Waals surface area contributed by atoms with Crippen molar-refractivity contribution in [3.05, 3.63) is 101 Å². The van der Waals surface area contributed by atoms with Gasteiger partial charge in [-0.15, -0.1) is 24.8 Å². The summed E-state index contributed by atoms with van der Waals surface area (Å²) in [5, 5.41) is 14.1. The van der Waals surface area contributed by atoms with Gasteiger partial charge in [0.15, 0.2) is 0 Å². The third-order valence-electron chi connectivity index (χ3n) is 8.39. The molecule has 0 aliphatic carbocycles. The van der Waals surface area contributed by atoms with Gasteiger partial charge in [-0.05, 0) is 54.0 Å². The van der Waals surface area contributed by atoms with E-state index in [1.807, 2.05) is 12.1 Å². The minimum absolute atomic E-state index is 0. The fourth-order valence-electron chi connectivity index (χ4n) is 6.54. The SMILES string of the molecule is COc1ccc(C(C)C)cc1CN[C@@H]1[C@@H]2CCN([C@@H](C(=O)O)C2)[C@@H]1C(c1ccccc1)c1ccccc1.Cl.Cl. The predicted molar refractivity (Wildman–Crippen MR) is 162 cm³/mol. The number of methoxy groups -OCH3 is 1. The van der Waals surface area contributed by atoms with Crippen LogP contribution in [0.25, 0.3) is 0 Å². The zero-order chi connectivity index (χ0) is 25.9. The highest BCUT2D eigenvalue weighted by Gasteiger charge is 2.52. The molecule has 0 aromatic heterocycles. The molecule has 5 nitrogen and oxygen atoms in total. The van der Waals surface area contributed by atoms with Crippen molar-refractivity contribution in [3.63, 3.8) is 0 Å². The van der Waals surface area contributed by atoms with E-state index in [-0.39, 0.29) is 42.8 Å². The smallest absolute Gasteiger partial charge is 0.320 e. The lowest BCUT2D eigenvalue weighted by atomic mass is 9.68. The van der Waals surface area contributed by atoms with Gasteiger partial charge >= 0.3 is 5.97 Å². The molecule has 5 atom stereocenters. The first-order valence-electron chi connectivity index (χ1n) is 13.5. The van der Waals surface area contributed by atoms with E-state index in [4.69, 9.17) is 4.74 Å². The molecule has 3 aliphatic rings. The fraction of sp³-hybridized carbons (Fsp3) is 0.406. The summed E-state index contributed by atoms with van der Waals surface area (Å²) in [6.45, 7) is 5.91. The molecule has 0 spiro atoms. The predicted octanol–water partition coefficient (Wildman–Crippen LogP) is 6.50. The Kier molecular flexibility index (Phi) is 10.9. The first-order chi connectivity index (χ1) is 18.0. The molecule has 3 saturated heterocycles. The Balaban J connectivity index is 0.00000210. The van der Waals surface area contributed by atoms with Crippen LogP contribution in [-0.4, -0.2) is 47.8 Å². The second-order valence-corrected chi connectivity index (χ2v) is 10.8. The summed E-state index contributed by atoms with van der Waals surface area (Å²) in [5.41, 5.74) is 4.89. The molecule has 0 radical (unpaired) electrons. The Morgan fingerprint density at radius 1 is 0.974 bits per heavy atom. The number of rotatable bonds is 9. The number of hydrogen-bond donors (Lipinski definition) is 2. The largest absolute Gasteiger partial charge is 0.496 e. The van der Waals surface area contributed by atoms with E-state index in [0.29, 0.717) is 24.8 Å². The molecule has 2 bridgehead atoms. The van der Waals surface area contributed by atoms with Crippen LogP contribution in [0.2, 0.25) is 0 Å². The molecule has 210 valence electrons. The van der Waals surface area contributed by atoms with Crippen LogP contribution in [-0.2, 0) is 11.3 Å². The van der Waals surface area contributed by atoms with E-state index < -0.39 is 12.0 Å². The minimum Gasteiger partial charge on any atom is -0.496 e. The lowest BCUT2D eigenvalue weighted by Crippen LogP contribution is -2.69. The van der Waals surface area contributed by atoms with Gasteiger partial charge in [0.1, 0.15) is 11.8 Å². The van der Waals surface area contributed by atoms with Gasteiger partial charge in [0.05, 0.1) is 7.11 Å². The number of carbonyl (C=O) groups is 1. The molecular weight excluding hydrogens is 531 g/mol. The Bertz CT molecular complexity index is 1170. The van der Waals surface area contributed by atoms with Crippen LogP contribution in [0.15, 0.2) is 78.9 Å². The molecule has 39 heavy (non-hydrogen) atoms. The summed E-state index contributed by atoms with van der Waals surface area (Å²) in [6.07, 6.45) is 1.69. The molecule has 0 amide bonds. The summed E-state index contributed by atoms with van der Waals surface area (Å²) >= 11 is 0. The maximum atomic E-state index is 12.4. The average molecular weight is 572 g/mol. The van der Waals surface area contributed by atoms with Gasteiger partial charge in [-0.1, -0.05) is 86.6 Å². The topological polar surface area (TPSA) is 61.8 Å². The van der Waals surface area contributed by atoms with Crippen molar-refractivity contribution in [1.29, 1.82) is 0 Å². The van der Waals surface area contributed by atoms with E-state index in [0.717, 1.165) is 24.3 Å². The molecule has 3 aliphatic heterocycles. The maximum Gasteiger partial charge on any atom is 0.320 e. The van der Waals surface area contributed by atoms with E-state index in [1.54, 1.807) is 7.11 Å². The first kappa shape index (κ1) is 31.0. The minimum atomic E-state index is -0.709. The van der Waals surface area contributed by atoms with E-state index >= 15 is 0 Å². The zero-order valence-electron chi connectivity index (χ0n) is 22.8. The van der Waals surface area contributed by atoms with Crippen molar-refractivity contribution in [2.24, 2.45) is 5.92 Å². The van der Waals surface area contributed by atoms with Crippen LogP contribution < -0.4 is 10.1 Å². The Morgan fingerprint density at radius 3 is 2.13 bits per heavy atom. The number of ether oxygens (including phenoxy) is 1. The number of nitrogens with zero attached hydrogens (tertiary/aromatic N) is 1. The highest BCUT2D eigenvalue weighted by Crippen LogP contribution is 2.44. The lowest BCUT2D eigenvalue weighted by molar-refractivity contribution is -0.152. The maximum absolute atomic E-state index is 12.4. The highest BCUT2D eigenvalue weighted by molar-refractivity contribution is 5.85. The number of nitrogens with one attached hydrogen (secondary N) is 1. The number of benzene rings is 3. The number of fused-ring (bicyclic) bond motifs is 3. The van der Waals surface area contributed by atoms with Crippen molar-refractivity contribution in [2.45, 2.75) is 63.2 Å². The third kappa shape index (κ3) is 6.44. The molecule has 3 aromatic rings. The molecule has 3 fully saturated rings. The Labute approximate surface area is 244 Å². The summed E-state index contributed by atoms with van der Waals surface area (Å²) < 4.78 is 5.72. The van der Waals surface area contributed by atoms with Crippen molar-refractivity contribution in [3.8, 4) is 5.75 Å². The highest BCUT2D eigenvalue weighted by atomic mass is 35.5. The molecule has 2 N–H and O–H groups in total. The van der Waals surface area contributed by atoms with Crippen molar-refractivity contribution < 1.29 is 14.6 Å². The molecule has 6 rings (SSSR count). The zero-order valence-corrected chi connectivity index (χ0v) is 24.5. The van der Waals surface area contributed by atoms with Crippen LogP contribution in [0.5, 0.6) is 5.75 Å². The molecular formula is C32H40Cl2N2O3. The van der Waals surface area contributed by atoms with Crippen molar-refractivity contribution in [2.75, 3.05) is 13.7 Å². The van der Waals surface area contributed by atoms with Gasteiger partial charge in [-0.2, -0.15) is 0 Å². The van der Waals surface area contributed by atoms with Gasteiger partial charge in [-0.3, -0.25) is 9.69 Å². The number of carboxylic acid groups (broad SMARTS) is 1. The van der Waals surface area contributed by atoms with Crippen molar-refractivity contribution in [1.82, 2.24) is 10.2 Å². The number of halogens is 2. The van der Waals surface area contributed by atoms with Gasteiger partial charge in [0, 0.05) is 30.1 Å². The number of piperidine rings is 3. The van der Waals surface area contributed by atoms with Crippen molar-refractivity contribution >= 4 is 30.8 Å². The number of hydrogen-bond acceptors (Lipinski definition) is 4.